The van der Waals surface area contributed by atoms with Crippen molar-refractivity contribution < 1.29 is 0 Å². The Hall–Kier alpha value is -0.830. The molecule has 0 saturated carbocycles. The molecule has 0 N–H and O–H groups in total. The Morgan fingerprint density at radius 2 is 1.20 bits per heavy atom. The first-order valence-electron chi connectivity index (χ1n) is 12.5. The van der Waals surface area contributed by atoms with Crippen LogP contribution < -0.4 is 0 Å². The molecule has 0 radical (unpaired) electrons. The summed E-state index contributed by atoms with van der Waals surface area (Å²) in [7, 11) is 0. The van der Waals surface area contributed by atoms with E-state index in [1.165, 1.54) is 109 Å². The van der Waals surface area contributed by atoms with E-state index in [0.29, 0.717) is 0 Å². The Bertz CT molecular complexity index is 701. The van der Waals surface area contributed by atoms with Crippen molar-refractivity contribution in [3.8, 4) is 11.1 Å². The molecule has 1 unspecified atom stereocenters. The van der Waals surface area contributed by atoms with E-state index in [9.17, 15) is 0 Å². The van der Waals surface area contributed by atoms with Crippen molar-refractivity contribution in [2.75, 3.05) is 0 Å². The summed E-state index contributed by atoms with van der Waals surface area (Å²) in [4.78, 5) is 0. The van der Waals surface area contributed by atoms with Gasteiger partial charge in [-0.15, -0.1) is 0 Å². The number of rotatable bonds is 15. The summed E-state index contributed by atoms with van der Waals surface area (Å²) in [6, 6.07) is 16.2. The number of halogens is 1. The summed E-state index contributed by atoms with van der Waals surface area (Å²) in [5.41, 5.74) is 5.56. The average Bonchev–Trinajstić information content (AvgIpc) is 2.76. The molecule has 0 aromatic heterocycles. The van der Waals surface area contributed by atoms with Gasteiger partial charge in [-0.05, 0) is 70.2 Å². The van der Waals surface area contributed by atoms with Gasteiger partial charge in [0, 0.05) is 3.57 Å². The standard InChI is InChI=1S/C29H43I/c1-4-6-8-10-11-13-15-25(14-12-9-7-5-2)23-26-16-18-27(19-17-26)28-20-21-29(30)24(3)22-28/h16-22,25H,4-15,23H2,1-3H3. The Morgan fingerprint density at radius 1 is 0.667 bits per heavy atom. The lowest BCUT2D eigenvalue weighted by molar-refractivity contribution is 0.402. The van der Waals surface area contributed by atoms with Gasteiger partial charge in [0.05, 0.1) is 0 Å². The fourth-order valence-corrected chi connectivity index (χ4v) is 4.75. The van der Waals surface area contributed by atoms with Crippen molar-refractivity contribution in [2.24, 2.45) is 5.92 Å². The predicted octanol–water partition coefficient (Wildman–Crippen LogP) is 10.1. The molecule has 0 nitrogen and oxygen atoms in total. The minimum Gasteiger partial charge on any atom is -0.0654 e. The van der Waals surface area contributed by atoms with Crippen molar-refractivity contribution in [2.45, 2.75) is 104 Å². The van der Waals surface area contributed by atoms with Gasteiger partial charge in [-0.3, -0.25) is 0 Å². The zero-order valence-corrected chi connectivity index (χ0v) is 21.8. The fourth-order valence-electron chi connectivity index (χ4n) is 4.41. The minimum absolute atomic E-state index is 0.861. The number of benzene rings is 2. The Labute approximate surface area is 200 Å². The van der Waals surface area contributed by atoms with Gasteiger partial charge < -0.3 is 0 Å². The van der Waals surface area contributed by atoms with Crippen LogP contribution in [0.3, 0.4) is 0 Å². The number of unbranched alkanes of at least 4 members (excludes halogenated alkanes) is 8. The second-order valence-corrected chi connectivity index (χ2v) is 10.3. The van der Waals surface area contributed by atoms with E-state index < -0.39 is 0 Å². The third-order valence-corrected chi connectivity index (χ3v) is 7.61. The molecule has 0 bridgehead atoms. The van der Waals surface area contributed by atoms with Crippen LogP contribution in [0.5, 0.6) is 0 Å². The van der Waals surface area contributed by atoms with E-state index >= 15 is 0 Å². The predicted molar refractivity (Wildman–Crippen MR) is 143 cm³/mol. The number of hydrogen-bond acceptors (Lipinski definition) is 0. The van der Waals surface area contributed by atoms with Crippen LogP contribution in [0, 0.1) is 16.4 Å². The molecule has 1 heteroatoms. The molecule has 0 fully saturated rings. The highest BCUT2D eigenvalue weighted by atomic mass is 127. The van der Waals surface area contributed by atoms with Crippen LogP contribution >= 0.6 is 22.6 Å². The van der Waals surface area contributed by atoms with Crippen LogP contribution in [0.2, 0.25) is 0 Å². The van der Waals surface area contributed by atoms with Gasteiger partial charge in [0.1, 0.15) is 0 Å². The summed E-state index contributed by atoms with van der Waals surface area (Å²) in [5, 5.41) is 0. The van der Waals surface area contributed by atoms with Crippen molar-refractivity contribution >= 4 is 22.6 Å². The van der Waals surface area contributed by atoms with E-state index in [2.05, 4.69) is 85.8 Å². The highest BCUT2D eigenvalue weighted by Gasteiger charge is 2.10. The first-order chi connectivity index (χ1) is 14.6. The topological polar surface area (TPSA) is 0 Å². The van der Waals surface area contributed by atoms with Gasteiger partial charge in [-0.1, -0.05) is 127 Å². The van der Waals surface area contributed by atoms with Gasteiger partial charge >= 0.3 is 0 Å². The van der Waals surface area contributed by atoms with Crippen LogP contribution in [0.15, 0.2) is 42.5 Å². The molecule has 2 aromatic carbocycles. The highest BCUT2D eigenvalue weighted by molar-refractivity contribution is 14.1. The zero-order valence-electron chi connectivity index (χ0n) is 19.7. The molecule has 0 spiro atoms. The first-order valence-corrected chi connectivity index (χ1v) is 13.6. The smallest absolute Gasteiger partial charge is 0.0159 e. The molecule has 0 amide bonds. The molecule has 2 aromatic rings. The van der Waals surface area contributed by atoms with Crippen molar-refractivity contribution in [1.29, 1.82) is 0 Å². The molecular formula is C29H43I. The Morgan fingerprint density at radius 3 is 1.80 bits per heavy atom. The normalized spacial score (nSPS) is 12.3. The van der Waals surface area contributed by atoms with E-state index in [4.69, 9.17) is 0 Å². The second kappa shape index (κ2) is 15.1. The van der Waals surface area contributed by atoms with Crippen molar-refractivity contribution in [1.82, 2.24) is 0 Å². The third-order valence-electron chi connectivity index (χ3n) is 6.40. The first kappa shape index (κ1) is 25.4. The Balaban J connectivity index is 1.91. The van der Waals surface area contributed by atoms with Gasteiger partial charge in [0.2, 0.25) is 0 Å². The monoisotopic (exact) mass is 518 g/mol. The number of hydrogen-bond donors (Lipinski definition) is 0. The van der Waals surface area contributed by atoms with Crippen LogP contribution in [-0.2, 0) is 6.42 Å². The maximum absolute atomic E-state index is 2.41. The summed E-state index contributed by atoms with van der Waals surface area (Å²) in [5.74, 6) is 0.861. The molecule has 0 saturated heterocycles. The largest absolute Gasteiger partial charge is 0.0654 e. The molecule has 2 rings (SSSR count). The quantitative estimate of drug-likeness (QED) is 0.163. The zero-order chi connectivity index (χ0) is 21.6. The molecule has 0 aliphatic carbocycles. The average molecular weight is 519 g/mol. The van der Waals surface area contributed by atoms with Gasteiger partial charge in [0.25, 0.3) is 0 Å². The molecule has 30 heavy (non-hydrogen) atoms. The van der Waals surface area contributed by atoms with Crippen LogP contribution in [0.1, 0.15) is 102 Å². The molecule has 0 aliphatic heterocycles. The fraction of sp³-hybridized carbons (Fsp3) is 0.586. The number of aryl methyl sites for hydroxylation is 1. The van der Waals surface area contributed by atoms with Crippen LogP contribution in [0.4, 0.5) is 0 Å². The maximum Gasteiger partial charge on any atom is 0.0159 e. The van der Waals surface area contributed by atoms with Crippen molar-refractivity contribution in [3.63, 3.8) is 0 Å². The molecular weight excluding hydrogens is 475 g/mol. The van der Waals surface area contributed by atoms with E-state index in [1.54, 1.807) is 0 Å². The second-order valence-electron chi connectivity index (χ2n) is 9.14. The van der Waals surface area contributed by atoms with E-state index in [0.717, 1.165) is 5.92 Å². The summed E-state index contributed by atoms with van der Waals surface area (Å²) < 4.78 is 1.34. The SMILES string of the molecule is CCCCCCCCC(CCCCCC)Cc1ccc(-c2ccc(I)c(C)c2)cc1. The molecule has 166 valence electrons. The molecule has 0 heterocycles. The summed E-state index contributed by atoms with van der Waals surface area (Å²) in [6.45, 7) is 6.81. The van der Waals surface area contributed by atoms with Gasteiger partial charge in [-0.25, -0.2) is 0 Å². The molecule has 0 aliphatic rings. The van der Waals surface area contributed by atoms with Crippen molar-refractivity contribution in [3.05, 3.63) is 57.2 Å². The lowest BCUT2D eigenvalue weighted by Crippen LogP contribution is -2.05. The highest BCUT2D eigenvalue weighted by Crippen LogP contribution is 2.26. The summed E-state index contributed by atoms with van der Waals surface area (Å²) >= 11 is 2.41. The Kier molecular flexibility index (Phi) is 12.8. The van der Waals surface area contributed by atoms with E-state index in [-0.39, 0.29) is 0 Å². The van der Waals surface area contributed by atoms with Gasteiger partial charge in [-0.2, -0.15) is 0 Å². The maximum atomic E-state index is 2.41. The third kappa shape index (κ3) is 9.54. The van der Waals surface area contributed by atoms with Gasteiger partial charge in [0.15, 0.2) is 0 Å². The lowest BCUT2D eigenvalue weighted by atomic mass is 9.88. The van der Waals surface area contributed by atoms with Crippen LogP contribution in [-0.4, -0.2) is 0 Å². The summed E-state index contributed by atoms with van der Waals surface area (Å²) in [6.07, 6.45) is 18.1. The van der Waals surface area contributed by atoms with Crippen LogP contribution in [0.25, 0.3) is 11.1 Å². The lowest BCUT2D eigenvalue weighted by Gasteiger charge is -2.17. The van der Waals surface area contributed by atoms with E-state index in [1.807, 2.05) is 0 Å². The molecule has 1 atom stereocenters. The minimum atomic E-state index is 0.861.